The molecular weight excluding hydrogens is 265 g/mol. The van der Waals surface area contributed by atoms with Gasteiger partial charge in [-0.05, 0) is 12.1 Å². The zero-order valence-electron chi connectivity index (χ0n) is 6.17. The van der Waals surface area contributed by atoms with Crippen LogP contribution in [0.3, 0.4) is 0 Å². The maximum Gasteiger partial charge on any atom is 2.00 e. The van der Waals surface area contributed by atoms with Gasteiger partial charge in [0.25, 0.3) is 0 Å². The smallest absolute Gasteiger partial charge is 0.824 e. The molecule has 0 aliphatic rings. The molecule has 0 aliphatic heterocycles. The minimum absolute atomic E-state index is 0. The van der Waals surface area contributed by atoms with Crippen molar-refractivity contribution in [2.45, 2.75) is 4.90 Å². The fourth-order valence-corrected chi connectivity index (χ4v) is 3.06. The molecule has 0 aliphatic carbocycles. The minimum Gasteiger partial charge on any atom is -0.824 e. The Labute approximate surface area is 93.1 Å². The van der Waals surface area contributed by atoms with E-state index in [0.29, 0.717) is 16.3 Å². The average molecular weight is 270 g/mol. The van der Waals surface area contributed by atoms with Gasteiger partial charge in [0.2, 0.25) is 0 Å². The summed E-state index contributed by atoms with van der Waals surface area (Å²) in [7, 11) is 0. The van der Waals surface area contributed by atoms with Crippen molar-refractivity contribution in [2.75, 3.05) is 0 Å². The predicted molar refractivity (Wildman–Crippen MR) is 46.6 cm³/mol. The van der Waals surface area contributed by atoms with Crippen LogP contribution >= 0.6 is 17.1 Å². The number of rotatable bonds is 2. The van der Waals surface area contributed by atoms with Gasteiger partial charge in [0, 0.05) is 4.90 Å². The van der Waals surface area contributed by atoms with Crippen molar-refractivity contribution >= 4 is 28.9 Å². The zero-order chi connectivity index (χ0) is 8.32. The zero-order valence-corrected chi connectivity index (χ0v) is 11.7. The van der Waals surface area contributed by atoms with Gasteiger partial charge >= 0.3 is 19.5 Å². The Morgan fingerprint density at radius 1 is 1.17 bits per heavy atom. The Hall–Kier alpha value is 0.763. The van der Waals surface area contributed by atoms with Gasteiger partial charge in [0.1, 0.15) is 0 Å². The number of benzene rings is 1. The maximum absolute atomic E-state index is 10.6. The van der Waals surface area contributed by atoms with E-state index in [0.717, 1.165) is 0 Å². The van der Waals surface area contributed by atoms with Gasteiger partial charge in [0.15, 0.2) is 0 Å². The summed E-state index contributed by atoms with van der Waals surface area (Å²) in [5.74, 6) is 0. The van der Waals surface area contributed by atoms with Crippen LogP contribution in [0.25, 0.3) is 0 Å². The Bertz CT molecular complexity index is 274. The minimum atomic E-state index is -3.64. The van der Waals surface area contributed by atoms with Crippen LogP contribution < -0.4 is 9.79 Å². The second kappa shape index (κ2) is 5.48. The molecule has 6 heteroatoms. The molecule has 0 atom stereocenters. The third kappa shape index (κ3) is 5.42. The predicted octanol–water partition coefficient (Wildman–Crippen LogP) is 0.721. The standard InChI is InChI=1S/C6H7O2PS2.Zn/c7-9(8,10)11-6-4-2-1-3-5-6;/h1-5H,(H2,7,8,10);/q;+2/p-2. The Morgan fingerprint density at radius 3 is 2.08 bits per heavy atom. The molecule has 1 rings (SSSR count). The molecule has 1 aromatic carbocycles. The van der Waals surface area contributed by atoms with Crippen molar-refractivity contribution in [1.82, 2.24) is 0 Å². The van der Waals surface area contributed by atoms with E-state index in [4.69, 9.17) is 0 Å². The van der Waals surface area contributed by atoms with E-state index in [1.165, 1.54) is 0 Å². The molecule has 0 saturated carbocycles. The molecule has 0 saturated heterocycles. The molecule has 0 aromatic heterocycles. The number of hydrogen-bond donors (Lipinski definition) is 0. The summed E-state index contributed by atoms with van der Waals surface area (Å²) >= 11 is 4.95. The van der Waals surface area contributed by atoms with Gasteiger partial charge in [-0.15, -0.1) is 23.2 Å². The monoisotopic (exact) mass is 268 g/mol. The second-order valence-electron chi connectivity index (χ2n) is 1.85. The van der Waals surface area contributed by atoms with E-state index in [1.807, 2.05) is 6.07 Å². The van der Waals surface area contributed by atoms with Crippen LogP contribution in [-0.4, -0.2) is 0 Å². The quantitative estimate of drug-likeness (QED) is 0.586. The number of hydrogen-bond acceptors (Lipinski definition) is 4. The SMILES string of the molecule is [O-]P([O-])(=S)Sc1ccccc1.[Zn+2]. The second-order valence-corrected chi connectivity index (χ2v) is 7.53. The summed E-state index contributed by atoms with van der Waals surface area (Å²) in [6.45, 7) is 0. The van der Waals surface area contributed by atoms with E-state index in [2.05, 4.69) is 11.8 Å². The van der Waals surface area contributed by atoms with Crippen LogP contribution in [-0.2, 0) is 31.3 Å². The van der Waals surface area contributed by atoms with E-state index < -0.39 is 5.69 Å². The van der Waals surface area contributed by atoms with Crippen molar-refractivity contribution in [3.05, 3.63) is 30.3 Å². The van der Waals surface area contributed by atoms with Crippen LogP contribution in [0, 0.1) is 0 Å². The molecule has 1 aromatic rings. The van der Waals surface area contributed by atoms with Gasteiger partial charge in [0.05, 0.1) is 0 Å². The van der Waals surface area contributed by atoms with Crippen molar-refractivity contribution in [1.29, 1.82) is 0 Å². The van der Waals surface area contributed by atoms with Crippen molar-refractivity contribution in [2.24, 2.45) is 0 Å². The summed E-state index contributed by atoms with van der Waals surface area (Å²) in [6.07, 6.45) is 0. The molecule has 2 nitrogen and oxygen atoms in total. The molecule has 0 fully saturated rings. The van der Waals surface area contributed by atoms with Crippen molar-refractivity contribution < 1.29 is 29.3 Å². The van der Waals surface area contributed by atoms with Crippen LogP contribution in [0.15, 0.2) is 35.2 Å². The van der Waals surface area contributed by atoms with Gasteiger partial charge < -0.3 is 9.79 Å². The van der Waals surface area contributed by atoms with E-state index in [-0.39, 0.29) is 19.5 Å². The van der Waals surface area contributed by atoms with Crippen LogP contribution in [0.1, 0.15) is 0 Å². The van der Waals surface area contributed by atoms with E-state index in [9.17, 15) is 9.79 Å². The first kappa shape index (κ1) is 12.8. The summed E-state index contributed by atoms with van der Waals surface area (Å²) in [4.78, 5) is 21.9. The summed E-state index contributed by atoms with van der Waals surface area (Å²) in [5, 5.41) is 0. The average Bonchev–Trinajstić information content (AvgIpc) is 1.85. The Kier molecular flexibility index (Phi) is 5.83. The molecule has 0 N–H and O–H groups in total. The van der Waals surface area contributed by atoms with Gasteiger partial charge in [-0.2, -0.15) is 5.69 Å². The molecule has 0 heterocycles. The third-order valence-corrected chi connectivity index (χ3v) is 3.64. The first-order chi connectivity index (χ1) is 5.08. The molecule has 0 spiro atoms. The van der Waals surface area contributed by atoms with Gasteiger partial charge in [-0.25, -0.2) is 0 Å². The Morgan fingerprint density at radius 2 is 1.67 bits per heavy atom. The van der Waals surface area contributed by atoms with Crippen LogP contribution in [0.4, 0.5) is 0 Å². The summed E-state index contributed by atoms with van der Waals surface area (Å²) < 4.78 is 0. The largest absolute Gasteiger partial charge is 2.00 e. The van der Waals surface area contributed by atoms with Crippen LogP contribution in [0.2, 0.25) is 0 Å². The van der Waals surface area contributed by atoms with Gasteiger partial charge in [-0.3, -0.25) is 0 Å². The Balaban J connectivity index is 0.00000121. The van der Waals surface area contributed by atoms with Crippen molar-refractivity contribution in [3.63, 3.8) is 0 Å². The fraction of sp³-hybridized carbons (Fsp3) is 0. The molecule has 0 unspecified atom stereocenters. The molecule has 0 radical (unpaired) electrons. The fourth-order valence-electron chi connectivity index (χ4n) is 0.610. The van der Waals surface area contributed by atoms with Gasteiger partial charge in [-0.1, -0.05) is 18.2 Å². The molecule has 0 amide bonds. The topological polar surface area (TPSA) is 46.1 Å². The van der Waals surface area contributed by atoms with Crippen molar-refractivity contribution in [3.8, 4) is 0 Å². The first-order valence-corrected chi connectivity index (χ1v) is 6.90. The molecule has 60 valence electrons. The summed E-state index contributed by atoms with van der Waals surface area (Å²) in [6, 6.07) is 8.78. The maximum atomic E-state index is 10.6. The third-order valence-electron chi connectivity index (χ3n) is 0.960. The van der Waals surface area contributed by atoms with E-state index in [1.54, 1.807) is 24.3 Å². The normalized spacial score (nSPS) is 10.5. The first-order valence-electron chi connectivity index (χ1n) is 2.85. The molecule has 0 bridgehead atoms. The van der Waals surface area contributed by atoms with Crippen LogP contribution in [0.5, 0.6) is 0 Å². The molecule has 12 heavy (non-hydrogen) atoms. The summed E-state index contributed by atoms with van der Waals surface area (Å²) in [5.41, 5.74) is -3.64. The van der Waals surface area contributed by atoms with E-state index >= 15 is 0 Å². The molecular formula is C6H5O2PS2Zn.